The highest BCUT2D eigenvalue weighted by atomic mass is 16.6. The van der Waals surface area contributed by atoms with Gasteiger partial charge in [-0.3, -0.25) is 9.59 Å². The number of hydrogen-bond acceptors (Lipinski definition) is 12. The first kappa shape index (κ1) is 47.9. The van der Waals surface area contributed by atoms with Crippen LogP contribution in [0.3, 0.4) is 0 Å². The highest BCUT2D eigenvalue weighted by molar-refractivity contribution is 5.71. The van der Waals surface area contributed by atoms with Gasteiger partial charge < -0.3 is 55.4 Å². The van der Waals surface area contributed by atoms with E-state index in [2.05, 4.69) is 19.9 Å². The van der Waals surface area contributed by atoms with E-state index in [1.165, 1.54) is 6.08 Å². The van der Waals surface area contributed by atoms with Crippen molar-refractivity contribution >= 4 is 11.9 Å². The van der Waals surface area contributed by atoms with Crippen LogP contribution in [0.4, 0.5) is 0 Å². The molecule has 4 unspecified atom stereocenters. The molecule has 1 fully saturated rings. The molecule has 0 aromatic heterocycles. The molecule has 2 rings (SSSR count). The predicted molar refractivity (Wildman–Crippen MR) is 207 cm³/mol. The summed E-state index contributed by atoms with van der Waals surface area (Å²) in [4.78, 5) is 24.6. The summed E-state index contributed by atoms with van der Waals surface area (Å²) in [5.74, 6) is -5.30. The molecule has 1 saturated heterocycles. The Hall–Kier alpha value is -3.24. The number of cyclic esters (lactones) is 1. The first-order valence-corrected chi connectivity index (χ1v) is 19.2. The number of aliphatic hydroxyl groups is 8. The number of carboxylic acid groups (broad SMARTS) is 1. The number of aliphatic hydroxyl groups excluding tert-OH is 7. The SMILES string of the molecule is C[C@@H]1[C@H](C)[C@@H](C)/C=C/C=C/C=C/C=C/C=C/C=C/C=C/C(O)C[C@@H]2OC(O)(CC(O)C[C@@H](O)C(O)CC[C@@H](O)C[C@@H](O)CC(=O)O[C@H]1C)C[C@H](O)[C@H]2C(=O)O. The lowest BCUT2D eigenvalue weighted by Gasteiger charge is -2.44. The molecule has 14 atom stereocenters. The molecule has 0 radical (unpaired) electrons. The van der Waals surface area contributed by atoms with Gasteiger partial charge in [0.25, 0.3) is 0 Å². The standard InChI is InChI=1S/C42H64O13/c1-27-17-15-13-11-9-7-5-6-8-10-12-14-16-18-31(43)23-38-40(41(51)52)37(49)26-42(53,55-38)25-34(46)22-36(48)35(47)20-19-32(44)21-33(45)24-39(50)54-30(4)29(3)28(27)2/h5-18,27-38,40,43-49,53H,19-26H2,1-4H3,(H,51,52)/b6-5+,9-7+,10-8+,13-11+,14-12+,17-15+,18-16+/t27-,28+,29+,30-,31?,32+,33+,34?,35?,36+,37-,38-,40+,42?/m0/s1. The zero-order valence-corrected chi connectivity index (χ0v) is 32.4. The van der Waals surface area contributed by atoms with Crippen LogP contribution < -0.4 is 0 Å². The number of carbonyl (C=O) groups excluding carboxylic acids is 1. The number of aliphatic carboxylic acids is 1. The molecule has 2 bridgehead atoms. The molecular weight excluding hydrogens is 712 g/mol. The third-order valence-corrected chi connectivity index (χ3v) is 10.4. The van der Waals surface area contributed by atoms with Gasteiger partial charge in [-0.1, -0.05) is 106 Å². The van der Waals surface area contributed by atoms with Crippen LogP contribution in [0.15, 0.2) is 85.1 Å². The average molecular weight is 777 g/mol. The molecule has 0 aromatic rings. The van der Waals surface area contributed by atoms with E-state index < -0.39 is 97.8 Å². The molecule has 0 aromatic carbocycles. The van der Waals surface area contributed by atoms with Gasteiger partial charge in [0.05, 0.1) is 55.3 Å². The van der Waals surface area contributed by atoms with Crippen LogP contribution in [0.5, 0.6) is 0 Å². The lowest BCUT2D eigenvalue weighted by atomic mass is 9.82. The van der Waals surface area contributed by atoms with Crippen molar-refractivity contribution in [3.05, 3.63) is 85.1 Å². The summed E-state index contributed by atoms with van der Waals surface area (Å²) in [6.45, 7) is 7.98. The minimum Gasteiger partial charge on any atom is -0.481 e. The first-order chi connectivity index (χ1) is 25.9. The highest BCUT2D eigenvalue weighted by Gasteiger charge is 2.50. The summed E-state index contributed by atoms with van der Waals surface area (Å²) < 4.78 is 11.3. The second kappa shape index (κ2) is 24.4. The zero-order chi connectivity index (χ0) is 41.1. The van der Waals surface area contributed by atoms with E-state index in [4.69, 9.17) is 9.47 Å². The third-order valence-electron chi connectivity index (χ3n) is 10.4. The minimum atomic E-state index is -2.21. The first-order valence-electron chi connectivity index (χ1n) is 19.2. The number of rotatable bonds is 1. The number of allylic oxidation sites excluding steroid dienone is 13. The summed E-state index contributed by atoms with van der Waals surface area (Å²) >= 11 is 0. The zero-order valence-electron chi connectivity index (χ0n) is 32.4. The fourth-order valence-electron chi connectivity index (χ4n) is 6.74. The molecule has 0 spiro atoms. The van der Waals surface area contributed by atoms with Crippen molar-refractivity contribution in [1.29, 1.82) is 0 Å². The van der Waals surface area contributed by atoms with Crippen LogP contribution >= 0.6 is 0 Å². The number of carbonyl (C=O) groups is 2. The third kappa shape index (κ3) is 18.1. The van der Waals surface area contributed by atoms with Crippen molar-refractivity contribution in [3.8, 4) is 0 Å². The van der Waals surface area contributed by atoms with Gasteiger partial charge in [-0.2, -0.15) is 0 Å². The molecule has 9 N–H and O–H groups in total. The van der Waals surface area contributed by atoms with Gasteiger partial charge in [0.15, 0.2) is 5.79 Å². The summed E-state index contributed by atoms with van der Waals surface area (Å²) in [5.41, 5.74) is 0. The molecule has 0 aliphatic carbocycles. The topological polar surface area (TPSA) is 235 Å². The van der Waals surface area contributed by atoms with Crippen LogP contribution in [0.25, 0.3) is 0 Å². The Balaban J connectivity index is 2.18. The molecule has 55 heavy (non-hydrogen) atoms. The molecule has 0 amide bonds. The van der Waals surface area contributed by atoms with Gasteiger partial charge in [0, 0.05) is 25.7 Å². The minimum absolute atomic E-state index is 0.0139. The highest BCUT2D eigenvalue weighted by Crippen LogP contribution is 2.37. The number of hydrogen-bond donors (Lipinski definition) is 9. The molecule has 310 valence electrons. The van der Waals surface area contributed by atoms with E-state index in [-0.39, 0.29) is 49.9 Å². The average Bonchev–Trinajstić information content (AvgIpc) is 3.08. The molecule has 0 saturated carbocycles. The Bertz CT molecular complexity index is 1370. The van der Waals surface area contributed by atoms with E-state index >= 15 is 0 Å². The lowest BCUT2D eigenvalue weighted by molar-refractivity contribution is -0.300. The van der Waals surface area contributed by atoms with Crippen molar-refractivity contribution in [2.24, 2.45) is 23.7 Å². The summed E-state index contributed by atoms with van der Waals surface area (Å²) in [7, 11) is 0. The predicted octanol–water partition coefficient (Wildman–Crippen LogP) is 3.17. The maximum atomic E-state index is 12.6. The van der Waals surface area contributed by atoms with Crippen molar-refractivity contribution in [2.75, 3.05) is 0 Å². The van der Waals surface area contributed by atoms with E-state index in [1.807, 2.05) is 55.5 Å². The summed E-state index contributed by atoms with van der Waals surface area (Å²) in [6.07, 6.45) is 11.5. The van der Waals surface area contributed by atoms with Crippen LogP contribution in [-0.2, 0) is 19.1 Å². The Morgan fingerprint density at radius 1 is 0.636 bits per heavy atom. The van der Waals surface area contributed by atoms with E-state index in [0.717, 1.165) is 0 Å². The van der Waals surface area contributed by atoms with Crippen LogP contribution in [0.1, 0.15) is 79.1 Å². The maximum absolute atomic E-state index is 12.6. The Morgan fingerprint density at radius 2 is 1.18 bits per heavy atom. The lowest BCUT2D eigenvalue weighted by Crippen LogP contribution is -2.56. The van der Waals surface area contributed by atoms with Gasteiger partial charge in [0.2, 0.25) is 0 Å². The van der Waals surface area contributed by atoms with E-state index in [1.54, 1.807) is 31.2 Å². The van der Waals surface area contributed by atoms with Crippen LogP contribution in [-0.4, -0.2) is 119 Å². The normalized spacial score (nSPS) is 43.1. The van der Waals surface area contributed by atoms with Crippen molar-refractivity contribution in [1.82, 2.24) is 0 Å². The largest absolute Gasteiger partial charge is 0.481 e. The summed E-state index contributed by atoms with van der Waals surface area (Å²) in [5, 5.41) is 94.9. The molecular formula is C42H64O13. The molecule has 2 heterocycles. The fourth-order valence-corrected chi connectivity index (χ4v) is 6.74. The number of carboxylic acids is 1. The van der Waals surface area contributed by atoms with Gasteiger partial charge in [-0.25, -0.2) is 0 Å². The Morgan fingerprint density at radius 3 is 1.75 bits per heavy atom. The fraction of sp³-hybridized carbons (Fsp3) is 0.619. The summed E-state index contributed by atoms with van der Waals surface area (Å²) in [6, 6.07) is 0. The second-order valence-electron chi connectivity index (χ2n) is 15.1. The van der Waals surface area contributed by atoms with Crippen LogP contribution in [0, 0.1) is 23.7 Å². The second-order valence-corrected chi connectivity index (χ2v) is 15.1. The van der Waals surface area contributed by atoms with Gasteiger partial charge in [0.1, 0.15) is 12.0 Å². The molecule has 13 heteroatoms. The van der Waals surface area contributed by atoms with Gasteiger partial charge >= 0.3 is 11.9 Å². The van der Waals surface area contributed by atoms with Crippen molar-refractivity contribution in [2.45, 2.75) is 140 Å². The number of fused-ring (bicyclic) bond motifs is 2. The van der Waals surface area contributed by atoms with E-state index in [0.29, 0.717) is 0 Å². The Labute approximate surface area is 325 Å². The van der Waals surface area contributed by atoms with Crippen molar-refractivity contribution < 1.29 is 65.0 Å². The monoisotopic (exact) mass is 776 g/mol. The van der Waals surface area contributed by atoms with Crippen LogP contribution in [0.2, 0.25) is 0 Å². The number of ether oxygens (including phenoxy) is 2. The smallest absolute Gasteiger partial charge is 0.311 e. The quantitative estimate of drug-likeness (QED) is 0.174. The molecule has 2 aliphatic rings. The molecule has 2 aliphatic heterocycles. The molecule has 13 nitrogen and oxygen atoms in total. The Kier molecular flexibility index (Phi) is 21.3. The van der Waals surface area contributed by atoms with E-state index in [9.17, 15) is 55.5 Å². The van der Waals surface area contributed by atoms with Crippen molar-refractivity contribution in [3.63, 3.8) is 0 Å². The van der Waals surface area contributed by atoms with Gasteiger partial charge in [-0.15, -0.1) is 0 Å². The maximum Gasteiger partial charge on any atom is 0.311 e. The number of esters is 1. The van der Waals surface area contributed by atoms with Gasteiger partial charge in [-0.05, 0) is 43.9 Å².